The van der Waals surface area contributed by atoms with Crippen LogP contribution in [0.4, 0.5) is 0 Å². The average molecular weight is 981 g/mol. The molecule has 10 atom stereocenters. The van der Waals surface area contributed by atoms with Crippen LogP contribution in [0.25, 0.3) is 6.08 Å². The van der Waals surface area contributed by atoms with Crippen molar-refractivity contribution < 1.29 is 73.1 Å². The third-order valence-corrected chi connectivity index (χ3v) is 12.7. The number of esters is 2. The third kappa shape index (κ3) is 16.0. The first-order valence-corrected chi connectivity index (χ1v) is 24.8. The fraction of sp³-hybridized carbons (Fsp3) is 0.623. The lowest BCUT2D eigenvalue weighted by Gasteiger charge is -2.39. The number of hydrogen-bond donors (Lipinski definition) is 6. The van der Waals surface area contributed by atoms with Gasteiger partial charge in [-0.1, -0.05) is 94.1 Å². The molecular formula is C53H76N2O15. The molecule has 2 heterocycles. The summed E-state index contributed by atoms with van der Waals surface area (Å²) in [5.74, 6) is -3.12. The number of unbranched alkanes of at least 4 members (excludes halogenated alkanes) is 4. The Morgan fingerprint density at radius 1 is 0.914 bits per heavy atom. The quantitative estimate of drug-likeness (QED) is 0.0585. The molecule has 0 unspecified atom stereocenters. The molecule has 0 spiro atoms. The summed E-state index contributed by atoms with van der Waals surface area (Å²) < 4.78 is 36.4. The van der Waals surface area contributed by atoms with Crippen LogP contribution < -0.4 is 5.32 Å². The van der Waals surface area contributed by atoms with Crippen molar-refractivity contribution in [3.8, 4) is 0 Å². The molecule has 17 nitrogen and oxygen atoms in total. The van der Waals surface area contributed by atoms with Crippen LogP contribution in [0.5, 0.6) is 0 Å². The van der Waals surface area contributed by atoms with Crippen molar-refractivity contribution in [3.05, 3.63) is 89.0 Å². The molecule has 2 aliphatic heterocycles. The highest BCUT2D eigenvalue weighted by atomic mass is 16.8. The Labute approximate surface area is 412 Å². The summed E-state index contributed by atoms with van der Waals surface area (Å²) in [5.41, 5.74) is 1.18. The number of fused-ring (bicyclic) bond motifs is 1. The summed E-state index contributed by atoms with van der Waals surface area (Å²) in [6.07, 6.45) is 2.51. The number of amides is 2. The van der Waals surface area contributed by atoms with Crippen LogP contribution in [0, 0.1) is 0 Å². The zero-order chi connectivity index (χ0) is 51.0. The largest absolute Gasteiger partial charge is 0.460 e. The fourth-order valence-corrected chi connectivity index (χ4v) is 8.91. The predicted octanol–water partition coefficient (Wildman–Crippen LogP) is 4.68. The molecule has 0 bridgehead atoms. The van der Waals surface area contributed by atoms with E-state index in [0.717, 1.165) is 44.1 Å². The smallest absolute Gasteiger partial charge is 0.338 e. The molecule has 2 aromatic carbocycles. The molecule has 17 heteroatoms. The minimum absolute atomic E-state index is 0.0385. The van der Waals surface area contributed by atoms with E-state index in [2.05, 4.69) is 19.2 Å². The van der Waals surface area contributed by atoms with Crippen LogP contribution in [0.1, 0.15) is 127 Å². The zero-order valence-electron chi connectivity index (χ0n) is 41.6. The molecule has 1 aliphatic carbocycles. The predicted molar refractivity (Wildman–Crippen MR) is 259 cm³/mol. The Morgan fingerprint density at radius 2 is 1.61 bits per heavy atom. The lowest BCUT2D eigenvalue weighted by Crippen LogP contribution is -2.59. The Hall–Kier alpha value is -4.56. The number of hydrogen-bond acceptors (Lipinski definition) is 15. The van der Waals surface area contributed by atoms with Crippen molar-refractivity contribution in [1.29, 1.82) is 0 Å². The van der Waals surface area contributed by atoms with Gasteiger partial charge >= 0.3 is 11.9 Å². The van der Waals surface area contributed by atoms with Crippen LogP contribution in [-0.4, -0.2) is 154 Å². The van der Waals surface area contributed by atoms with E-state index in [1.807, 2.05) is 30.3 Å². The number of nitrogens with zero attached hydrogens (tertiary/aromatic N) is 1. The summed E-state index contributed by atoms with van der Waals surface area (Å²) in [4.78, 5) is 57.1. The van der Waals surface area contributed by atoms with E-state index in [0.29, 0.717) is 18.4 Å². The van der Waals surface area contributed by atoms with Crippen molar-refractivity contribution in [2.45, 2.75) is 184 Å². The minimum Gasteiger partial charge on any atom is -0.460 e. The fourth-order valence-electron chi connectivity index (χ4n) is 8.91. The highest BCUT2D eigenvalue weighted by Crippen LogP contribution is 2.43. The van der Waals surface area contributed by atoms with Gasteiger partial charge in [0.1, 0.15) is 54.4 Å². The van der Waals surface area contributed by atoms with Crippen LogP contribution in [0.3, 0.4) is 0 Å². The summed E-state index contributed by atoms with van der Waals surface area (Å²) in [6, 6.07) is 14.1. The normalized spacial score (nSPS) is 25.1. The SMILES string of the molecule is CCCCCC1(CCCCC)O[C@@H]2[C@@H](C=C(C(=O)N(C)[C@H](Cc3ccccc3)C(=O)N[C@H](CO)CCC(=O)OC(C)(C)C)C[C@H]2OC(=O)c2cccc(C=CCO[C@H]3O[C@H](CO)[C@H](O)[C@H](O)[C@H]3O)c2)O1. The molecule has 3 aliphatic rings. The van der Waals surface area contributed by atoms with E-state index in [9.17, 15) is 44.7 Å². The van der Waals surface area contributed by atoms with Gasteiger partial charge in [0.25, 0.3) is 0 Å². The van der Waals surface area contributed by atoms with Crippen LogP contribution in [0.2, 0.25) is 0 Å². The number of rotatable bonds is 25. The van der Waals surface area contributed by atoms with Crippen molar-refractivity contribution in [3.63, 3.8) is 0 Å². The van der Waals surface area contributed by atoms with Gasteiger partial charge in [0.15, 0.2) is 12.1 Å². The van der Waals surface area contributed by atoms with Crippen molar-refractivity contribution in [1.82, 2.24) is 10.2 Å². The zero-order valence-corrected chi connectivity index (χ0v) is 41.6. The number of carbonyl (C=O) groups is 4. The summed E-state index contributed by atoms with van der Waals surface area (Å²) in [7, 11) is 1.54. The maximum Gasteiger partial charge on any atom is 0.338 e. The molecular weight excluding hydrogens is 905 g/mol. The van der Waals surface area contributed by atoms with Gasteiger partial charge in [0.05, 0.1) is 31.4 Å². The monoisotopic (exact) mass is 981 g/mol. The number of benzene rings is 2. The molecule has 2 amide bonds. The number of carbonyl (C=O) groups excluding carboxylic acids is 4. The molecule has 0 aromatic heterocycles. The van der Waals surface area contributed by atoms with Gasteiger partial charge in [-0.3, -0.25) is 14.4 Å². The van der Waals surface area contributed by atoms with E-state index in [1.165, 1.54) is 11.9 Å². The van der Waals surface area contributed by atoms with Gasteiger partial charge in [0, 0.05) is 44.7 Å². The topological polar surface area (TPSA) is 240 Å². The molecule has 2 fully saturated rings. The second-order valence-corrected chi connectivity index (χ2v) is 19.5. The van der Waals surface area contributed by atoms with Crippen LogP contribution in [-0.2, 0) is 49.2 Å². The van der Waals surface area contributed by atoms with E-state index < -0.39 is 109 Å². The van der Waals surface area contributed by atoms with Crippen molar-refractivity contribution >= 4 is 29.8 Å². The van der Waals surface area contributed by atoms with Gasteiger partial charge in [-0.2, -0.15) is 0 Å². The molecule has 5 rings (SSSR count). The first-order valence-electron chi connectivity index (χ1n) is 24.8. The number of likely N-dealkylation sites (N-methyl/N-ethyl adjacent to an activating group) is 1. The van der Waals surface area contributed by atoms with Gasteiger partial charge in [-0.15, -0.1) is 0 Å². The molecule has 0 radical (unpaired) electrons. The van der Waals surface area contributed by atoms with Crippen molar-refractivity contribution in [2.24, 2.45) is 0 Å². The Morgan fingerprint density at radius 3 is 2.26 bits per heavy atom. The van der Waals surface area contributed by atoms with Gasteiger partial charge in [-0.05, 0) is 69.4 Å². The van der Waals surface area contributed by atoms with E-state index in [4.69, 9.17) is 28.4 Å². The van der Waals surface area contributed by atoms with Gasteiger partial charge < -0.3 is 64.2 Å². The number of aliphatic hydroxyl groups is 5. The first-order chi connectivity index (χ1) is 33.4. The second kappa shape index (κ2) is 26.8. The van der Waals surface area contributed by atoms with Crippen LogP contribution in [0.15, 0.2) is 72.3 Å². The van der Waals surface area contributed by atoms with E-state index in [-0.39, 0.29) is 43.4 Å². The average Bonchev–Trinajstić information content (AvgIpc) is 3.71. The molecule has 2 aromatic rings. The molecule has 6 N–H and O–H groups in total. The summed E-state index contributed by atoms with van der Waals surface area (Å²) >= 11 is 0. The second-order valence-electron chi connectivity index (χ2n) is 19.5. The molecule has 70 heavy (non-hydrogen) atoms. The lowest BCUT2D eigenvalue weighted by molar-refractivity contribution is -0.298. The van der Waals surface area contributed by atoms with E-state index in [1.54, 1.807) is 63.3 Å². The molecule has 388 valence electrons. The summed E-state index contributed by atoms with van der Waals surface area (Å²) in [6.45, 7) is 8.40. The highest BCUT2D eigenvalue weighted by Gasteiger charge is 2.53. The Kier molecular flexibility index (Phi) is 21.5. The van der Waals surface area contributed by atoms with Gasteiger partial charge in [-0.25, -0.2) is 4.79 Å². The standard InChI is InChI=1S/C53H76N2O15/c1-7-9-14-25-53(26-15-10-8-2)68-41-31-37(49(63)55(6)39(29-35-18-12-11-13-19-35)48(62)54-38(32-56)23-24-43(58)69-52(3,4)5)30-40(47(41)70-53)66-50(64)36-22-16-20-34(28-36)21-17-27-65-51-46(61)45(60)44(59)42(33-57)67-51/h11-13,16-22,28,31,38-42,44-47,51,56-57,59-61H,7-10,14-15,23-27,29-30,32-33H2,1-6H3,(H,54,62)/t38-,39+,40+,41+,42+,44-,45-,46+,47-,51-/m0/s1. The third-order valence-electron chi connectivity index (χ3n) is 12.7. The van der Waals surface area contributed by atoms with Crippen LogP contribution >= 0.6 is 0 Å². The van der Waals surface area contributed by atoms with Crippen molar-refractivity contribution in [2.75, 3.05) is 26.9 Å². The maximum absolute atomic E-state index is 14.8. The summed E-state index contributed by atoms with van der Waals surface area (Å²) in [5, 5.41) is 53.1. The lowest BCUT2D eigenvalue weighted by atomic mass is 9.90. The molecule has 0 saturated carbocycles. The minimum atomic E-state index is -1.58. The number of aliphatic hydroxyl groups excluding tert-OH is 5. The maximum atomic E-state index is 14.8. The Bertz CT molecular complexity index is 2040. The Balaban J connectivity index is 1.37. The van der Waals surface area contributed by atoms with E-state index >= 15 is 0 Å². The number of ether oxygens (including phenoxy) is 6. The first kappa shape index (κ1) is 56.4. The van der Waals surface area contributed by atoms with Gasteiger partial charge in [0.2, 0.25) is 11.8 Å². The molecule has 2 saturated heterocycles. The number of nitrogens with one attached hydrogen (secondary N) is 1. The highest BCUT2D eigenvalue weighted by molar-refractivity contribution is 5.97.